The second-order valence-electron chi connectivity index (χ2n) is 3.52. The summed E-state index contributed by atoms with van der Waals surface area (Å²) >= 11 is 0. The van der Waals surface area contributed by atoms with Crippen LogP contribution in [0.25, 0.3) is 0 Å². The van der Waals surface area contributed by atoms with Crippen LogP contribution in [0, 0.1) is 0 Å². The molecule has 0 heterocycles. The topological polar surface area (TPSA) is 553 Å². The van der Waals surface area contributed by atoms with E-state index < -0.39 is 54.8 Å². The van der Waals surface area contributed by atoms with Gasteiger partial charge in [-0.05, 0) is 11.0 Å². The van der Waals surface area contributed by atoms with E-state index in [4.69, 9.17) is 135 Å². The third kappa shape index (κ3) is 20500. The zero-order valence-corrected chi connectivity index (χ0v) is 23.3. The van der Waals surface area contributed by atoms with Gasteiger partial charge >= 0.3 is 48.7 Å². The molecular weight excluding hydrogens is 720 g/mol. The maximum atomic E-state index is 8.88. The van der Waals surface area contributed by atoms with E-state index in [2.05, 4.69) is 0 Å². The van der Waals surface area contributed by atoms with Crippen LogP contribution in [0.1, 0.15) is 0 Å². The van der Waals surface area contributed by atoms with Gasteiger partial charge in [0.05, 0.1) is 0 Å². The van der Waals surface area contributed by atoms with E-state index in [1.165, 1.54) is 0 Å². The maximum Gasteiger partial charge on any atom is 3.00 e. The number of hydrogen-bond acceptors (Lipinski definition) is 10. The fraction of sp³-hybridized carbons (Fsp3) is 0. The van der Waals surface area contributed by atoms with Crippen LogP contribution in [-0.4, -0.2) is 116 Å². The molecule has 28 nitrogen and oxygen atoms in total. The Morgan fingerprint density at radius 2 is 0.297 bits per heavy atom. The molecule has 0 saturated carbocycles. The van der Waals surface area contributed by atoms with Crippen molar-refractivity contribution >= 4 is 83.1 Å². The van der Waals surface area contributed by atoms with E-state index in [1.807, 2.05) is 0 Å². The molecule has 37 heavy (non-hydrogen) atoms. The monoisotopic (exact) mass is 742 g/mol. The van der Waals surface area contributed by atoms with Crippen molar-refractivity contribution in [3.05, 3.63) is 0 Å². The summed E-state index contributed by atoms with van der Waals surface area (Å²) in [6.07, 6.45) is 0. The number of rotatable bonds is 0. The third-order valence-corrected chi connectivity index (χ3v) is 0. The zero-order valence-electron chi connectivity index (χ0n) is 15.8. The van der Waals surface area contributed by atoms with Gasteiger partial charge in [0.15, 0.2) is 0 Å². The van der Waals surface area contributed by atoms with Gasteiger partial charge < -0.3 is 103 Å². The van der Waals surface area contributed by atoms with Crippen molar-refractivity contribution in [1.82, 2.24) is 0 Å². The van der Waals surface area contributed by atoms with Gasteiger partial charge in [0, 0.05) is 0 Å². The predicted molar refractivity (Wildman–Crippen MR) is 110 cm³/mol. The first kappa shape index (κ1) is 62.2. The Balaban J connectivity index is -0.0000000350. The van der Waals surface area contributed by atoms with Gasteiger partial charge in [-0.1, -0.05) is 0 Å². The average molecular weight is 742 g/mol. The Morgan fingerprint density at radius 3 is 0.297 bits per heavy atom. The molecule has 0 aromatic carbocycles. The molecule has 0 atom stereocenters. The fourth-order valence-electron chi connectivity index (χ4n) is 0. The van der Waals surface area contributed by atoms with Crippen LogP contribution in [0.4, 0.5) is 0 Å². The largest absolute Gasteiger partial charge is 3.00 e. The summed E-state index contributed by atoms with van der Waals surface area (Å²) in [5, 5.41) is 0. The standard InChI is InChI=1S/Al.7H3O4P.H4Si/c;7*1-5(2,3)4;/h;7*(H3,1,2,3,4);1H4/q+3;;;;;;;;/p-3. The molecule has 0 fully saturated rings. The molecule has 0 saturated heterocycles. The minimum atomic E-state index is -4.89. The van der Waals surface area contributed by atoms with Gasteiger partial charge in [-0.15, -0.1) is 0 Å². The molecule has 37 heteroatoms. The smallest absolute Gasteiger partial charge is 0.756 e. The van der Waals surface area contributed by atoms with E-state index in [0.717, 1.165) is 0 Å². The van der Waals surface area contributed by atoms with Crippen LogP contribution in [0.3, 0.4) is 0 Å². The molecule has 0 radical (unpaired) electrons. The Labute approximate surface area is 218 Å². The predicted octanol–water partition coefficient (Wildman–Crippen LogP) is -10.2. The molecule has 0 bridgehead atoms. The molecule has 0 aliphatic carbocycles. The SMILES string of the molecule is O=P(O)(O)O.O=P(O)(O)O.O=P(O)(O)O.O=P(O)(O)O.O=P([O-])(O)O.O=P([O-])(O)O.O=P([O-])(O)O.[Al+3].[SiH4]. The Kier molecular flexibility index (Phi) is 44.4. The summed E-state index contributed by atoms with van der Waals surface area (Å²) < 4.78 is 61.8. The van der Waals surface area contributed by atoms with Crippen LogP contribution in [0.15, 0.2) is 0 Å². The molecule has 0 aliphatic heterocycles. The molecule has 0 aromatic heterocycles. The number of phosphoric acid groups is 7. The molecule has 0 aliphatic rings. The van der Waals surface area contributed by atoms with Gasteiger partial charge in [-0.3, -0.25) is 13.7 Å². The zero-order chi connectivity index (χ0) is 31.5. The summed E-state index contributed by atoms with van der Waals surface area (Å²) in [5.74, 6) is 0. The van der Waals surface area contributed by atoms with E-state index in [0.29, 0.717) is 0 Å². The van der Waals surface area contributed by atoms with Crippen molar-refractivity contribution in [2.75, 3.05) is 0 Å². The number of hydrogen-bond donors (Lipinski definition) is 18. The van der Waals surface area contributed by atoms with Crippen molar-refractivity contribution in [3.8, 4) is 0 Å². The summed E-state index contributed by atoms with van der Waals surface area (Å²) in [6.45, 7) is 0. The molecule has 0 spiro atoms. The second kappa shape index (κ2) is 26.4. The Bertz CT molecular complexity index is 558. The van der Waals surface area contributed by atoms with Gasteiger partial charge in [-0.2, -0.15) is 0 Å². The fourth-order valence-corrected chi connectivity index (χ4v) is 0. The molecule has 0 aromatic rings. The van der Waals surface area contributed by atoms with E-state index in [9.17, 15) is 0 Å². The van der Waals surface area contributed by atoms with Crippen LogP contribution in [0.5, 0.6) is 0 Å². The maximum absolute atomic E-state index is 8.88. The van der Waals surface area contributed by atoms with Gasteiger partial charge in [0.25, 0.3) is 23.5 Å². The molecule has 0 unspecified atom stereocenters. The third-order valence-electron chi connectivity index (χ3n) is 0. The first-order chi connectivity index (χ1) is 14.0. The molecular formula is H22AlO28P7Si. The summed E-state index contributed by atoms with van der Waals surface area (Å²) in [7, 11) is -33.2. The molecule has 232 valence electrons. The molecule has 0 rings (SSSR count). The van der Waals surface area contributed by atoms with Crippen molar-refractivity contribution in [2.45, 2.75) is 0 Å². The Hall–Kier alpha value is 1.52. The Morgan fingerprint density at radius 1 is 0.297 bits per heavy atom. The normalized spacial score (nSPS) is 11.2. The van der Waals surface area contributed by atoms with E-state index in [1.54, 1.807) is 0 Å². The minimum Gasteiger partial charge on any atom is -0.756 e. The van der Waals surface area contributed by atoms with Gasteiger partial charge in [-0.25, -0.2) is 18.3 Å². The second-order valence-corrected chi connectivity index (χ2v) is 10.6. The summed E-state index contributed by atoms with van der Waals surface area (Å²) in [6, 6.07) is 0. The van der Waals surface area contributed by atoms with Crippen molar-refractivity contribution < 1.29 is 135 Å². The van der Waals surface area contributed by atoms with Crippen molar-refractivity contribution in [3.63, 3.8) is 0 Å². The van der Waals surface area contributed by atoms with Crippen LogP contribution in [0.2, 0.25) is 0 Å². The van der Waals surface area contributed by atoms with E-state index >= 15 is 0 Å². The van der Waals surface area contributed by atoms with Crippen LogP contribution < -0.4 is 14.7 Å². The first-order valence-corrected chi connectivity index (χ1v) is 16.3. The summed E-state index contributed by atoms with van der Waals surface area (Å²) in [4.78, 5) is 155. The van der Waals surface area contributed by atoms with Crippen LogP contribution >= 0.6 is 54.8 Å². The van der Waals surface area contributed by atoms with E-state index in [-0.39, 0.29) is 28.3 Å². The minimum absolute atomic E-state index is 0. The van der Waals surface area contributed by atoms with Crippen molar-refractivity contribution in [2.24, 2.45) is 0 Å². The summed E-state index contributed by atoms with van der Waals surface area (Å²) in [5.41, 5.74) is 0. The molecule has 18 N–H and O–H groups in total. The average Bonchev–Trinajstić information content (AvgIpc) is 2.06. The van der Waals surface area contributed by atoms with Gasteiger partial charge in [0.1, 0.15) is 0 Å². The van der Waals surface area contributed by atoms with Crippen molar-refractivity contribution in [1.29, 1.82) is 0 Å². The van der Waals surface area contributed by atoms with Crippen LogP contribution in [-0.2, 0) is 32.0 Å². The quantitative estimate of drug-likeness (QED) is 0.0809. The van der Waals surface area contributed by atoms with Gasteiger partial charge in [0.2, 0.25) is 0 Å². The first-order valence-electron chi connectivity index (χ1n) is 5.43. The molecule has 0 amide bonds.